The molecule has 1 aromatic rings. The summed E-state index contributed by atoms with van der Waals surface area (Å²) in [6.07, 6.45) is 0.998. The van der Waals surface area contributed by atoms with E-state index in [1.807, 2.05) is 0 Å². The first-order chi connectivity index (χ1) is 7.40. The highest BCUT2D eigenvalue weighted by Crippen LogP contribution is 2.44. The molecule has 16 heavy (non-hydrogen) atoms. The monoisotopic (exact) mass is 285 g/mol. The van der Waals surface area contributed by atoms with Gasteiger partial charge in [0.15, 0.2) is 0 Å². The summed E-state index contributed by atoms with van der Waals surface area (Å²) in [6.45, 7) is 4.22. The highest BCUT2D eigenvalue weighted by molar-refractivity contribution is 9.10. The first-order valence-corrected chi connectivity index (χ1v) is 5.95. The second kappa shape index (κ2) is 3.84. The van der Waals surface area contributed by atoms with E-state index in [1.54, 1.807) is 0 Å². The fourth-order valence-electron chi connectivity index (χ4n) is 1.62. The van der Waals surface area contributed by atoms with Gasteiger partial charge < -0.3 is 5.32 Å². The number of nitrogens with one attached hydrogen (secondary N) is 1. The third-order valence-electron chi connectivity index (χ3n) is 2.99. The van der Waals surface area contributed by atoms with Crippen molar-refractivity contribution >= 4 is 21.8 Å². The van der Waals surface area contributed by atoms with Crippen molar-refractivity contribution in [1.29, 1.82) is 0 Å². The van der Waals surface area contributed by atoms with Gasteiger partial charge >= 0.3 is 0 Å². The molecule has 0 aromatic heterocycles. The number of hydrogen-bond donors (Lipinski definition) is 1. The molecule has 1 fully saturated rings. The zero-order valence-corrected chi connectivity index (χ0v) is 10.8. The molecule has 1 amide bonds. The maximum absolute atomic E-state index is 12.8. The summed E-state index contributed by atoms with van der Waals surface area (Å²) >= 11 is 3.19. The number of halogens is 2. The van der Waals surface area contributed by atoms with Crippen LogP contribution in [0.1, 0.15) is 30.6 Å². The van der Waals surface area contributed by atoms with Gasteiger partial charge in [0.2, 0.25) is 0 Å². The van der Waals surface area contributed by atoms with Crippen molar-refractivity contribution in [2.45, 2.75) is 26.3 Å². The molecule has 2 nitrogen and oxygen atoms in total. The lowest BCUT2D eigenvalue weighted by Gasteiger charge is -2.08. The van der Waals surface area contributed by atoms with Crippen LogP contribution in [-0.4, -0.2) is 11.9 Å². The van der Waals surface area contributed by atoms with E-state index in [1.165, 1.54) is 18.2 Å². The molecule has 0 heterocycles. The van der Waals surface area contributed by atoms with Gasteiger partial charge in [-0.05, 0) is 46.0 Å². The molecule has 4 heteroatoms. The van der Waals surface area contributed by atoms with Crippen molar-refractivity contribution in [1.82, 2.24) is 5.32 Å². The van der Waals surface area contributed by atoms with Crippen LogP contribution in [-0.2, 0) is 0 Å². The molecule has 0 radical (unpaired) electrons. The molecule has 1 unspecified atom stereocenters. The van der Waals surface area contributed by atoms with Crippen molar-refractivity contribution in [3.8, 4) is 0 Å². The molecule has 0 spiro atoms. The van der Waals surface area contributed by atoms with Crippen molar-refractivity contribution in [3.05, 3.63) is 34.1 Å². The zero-order chi connectivity index (χ0) is 11.9. The average Bonchev–Trinajstić information content (AvgIpc) is 2.72. The third kappa shape index (κ3) is 2.26. The van der Waals surface area contributed by atoms with Crippen LogP contribution < -0.4 is 5.32 Å². The van der Waals surface area contributed by atoms with Gasteiger partial charge in [-0.15, -0.1) is 0 Å². The number of hydrogen-bond acceptors (Lipinski definition) is 1. The Morgan fingerprint density at radius 3 is 2.69 bits per heavy atom. The van der Waals surface area contributed by atoms with Gasteiger partial charge in [0.1, 0.15) is 5.82 Å². The summed E-state index contributed by atoms with van der Waals surface area (Å²) in [6, 6.07) is 4.31. The Bertz CT molecular complexity index is 445. The van der Waals surface area contributed by atoms with E-state index in [-0.39, 0.29) is 23.2 Å². The lowest BCUT2D eigenvalue weighted by molar-refractivity contribution is 0.0945. The summed E-state index contributed by atoms with van der Waals surface area (Å²) in [5.41, 5.74) is 0.673. The number of carbonyl (C=O) groups is 1. The predicted octanol–water partition coefficient (Wildman–Crippen LogP) is 3.12. The molecule has 1 aliphatic rings. The Balaban J connectivity index is 2.10. The lowest BCUT2D eigenvalue weighted by atomic mass is 10.1. The van der Waals surface area contributed by atoms with Crippen LogP contribution in [0.4, 0.5) is 4.39 Å². The van der Waals surface area contributed by atoms with Crippen molar-refractivity contribution in [2.75, 3.05) is 0 Å². The normalized spacial score (nSPS) is 21.6. The van der Waals surface area contributed by atoms with Crippen LogP contribution in [0.25, 0.3) is 0 Å². The number of benzene rings is 1. The summed E-state index contributed by atoms with van der Waals surface area (Å²) in [5.74, 6) is -0.502. The number of rotatable bonds is 2. The largest absolute Gasteiger partial charge is 0.349 e. The van der Waals surface area contributed by atoms with Crippen LogP contribution in [0.2, 0.25) is 0 Å². The van der Waals surface area contributed by atoms with Crippen LogP contribution in [0, 0.1) is 11.2 Å². The van der Waals surface area contributed by atoms with E-state index < -0.39 is 0 Å². The Hall–Kier alpha value is -0.900. The SMILES string of the molecule is CC1(C)CC1NC(=O)c1ccc(F)cc1Br. The topological polar surface area (TPSA) is 29.1 Å². The Kier molecular flexibility index (Phi) is 2.78. The minimum absolute atomic E-state index is 0.151. The average molecular weight is 286 g/mol. The van der Waals surface area contributed by atoms with Crippen LogP contribution in [0.3, 0.4) is 0 Å². The number of amides is 1. The summed E-state index contributed by atoms with van der Waals surface area (Å²) in [5, 5.41) is 2.93. The van der Waals surface area contributed by atoms with Gasteiger partial charge in [-0.3, -0.25) is 4.79 Å². The quantitative estimate of drug-likeness (QED) is 0.889. The van der Waals surface area contributed by atoms with Crippen molar-refractivity contribution < 1.29 is 9.18 Å². The molecule has 2 rings (SSSR count). The van der Waals surface area contributed by atoms with E-state index in [0.29, 0.717) is 10.0 Å². The fourth-order valence-corrected chi connectivity index (χ4v) is 2.15. The zero-order valence-electron chi connectivity index (χ0n) is 9.18. The van der Waals surface area contributed by atoms with Gasteiger partial charge in [-0.2, -0.15) is 0 Å². The van der Waals surface area contributed by atoms with E-state index in [9.17, 15) is 9.18 Å². The van der Waals surface area contributed by atoms with Crippen molar-refractivity contribution in [2.24, 2.45) is 5.41 Å². The van der Waals surface area contributed by atoms with Gasteiger partial charge in [0, 0.05) is 10.5 Å². The minimum Gasteiger partial charge on any atom is -0.349 e. The molecular formula is C12H13BrFNO. The maximum atomic E-state index is 12.8. The predicted molar refractivity (Wildman–Crippen MR) is 63.8 cm³/mol. The number of carbonyl (C=O) groups excluding carboxylic acids is 1. The molecule has 0 saturated heterocycles. The van der Waals surface area contributed by atoms with Gasteiger partial charge in [-0.1, -0.05) is 13.8 Å². The first-order valence-electron chi connectivity index (χ1n) is 5.16. The van der Waals surface area contributed by atoms with E-state index in [4.69, 9.17) is 0 Å². The third-order valence-corrected chi connectivity index (χ3v) is 3.65. The minimum atomic E-state index is -0.352. The summed E-state index contributed by atoms with van der Waals surface area (Å²) < 4.78 is 13.3. The standard InChI is InChI=1S/C12H13BrFNO/c1-12(2)6-10(12)15-11(16)8-4-3-7(14)5-9(8)13/h3-5,10H,6H2,1-2H3,(H,15,16). The summed E-state index contributed by atoms with van der Waals surface area (Å²) in [4.78, 5) is 11.9. The second-order valence-corrected chi connectivity index (χ2v) is 5.70. The van der Waals surface area contributed by atoms with Crippen LogP contribution >= 0.6 is 15.9 Å². The molecule has 0 aliphatic heterocycles. The van der Waals surface area contributed by atoms with E-state index in [0.717, 1.165) is 6.42 Å². The highest BCUT2D eigenvalue weighted by Gasteiger charge is 2.46. The van der Waals surface area contributed by atoms with Crippen LogP contribution in [0.5, 0.6) is 0 Å². The molecule has 1 saturated carbocycles. The first kappa shape index (κ1) is 11.6. The Morgan fingerprint density at radius 1 is 1.56 bits per heavy atom. The van der Waals surface area contributed by atoms with Gasteiger partial charge in [0.25, 0.3) is 5.91 Å². The van der Waals surface area contributed by atoms with E-state index in [2.05, 4.69) is 35.1 Å². The molecule has 1 atom stereocenters. The second-order valence-electron chi connectivity index (χ2n) is 4.84. The molecule has 0 bridgehead atoms. The van der Waals surface area contributed by atoms with Gasteiger partial charge in [-0.25, -0.2) is 4.39 Å². The molecule has 1 aromatic carbocycles. The van der Waals surface area contributed by atoms with Crippen LogP contribution in [0.15, 0.2) is 22.7 Å². The Morgan fingerprint density at radius 2 is 2.19 bits per heavy atom. The maximum Gasteiger partial charge on any atom is 0.252 e. The molecule has 1 N–H and O–H groups in total. The Labute approximate surface area is 102 Å². The van der Waals surface area contributed by atoms with Gasteiger partial charge in [0.05, 0.1) is 5.56 Å². The highest BCUT2D eigenvalue weighted by atomic mass is 79.9. The lowest BCUT2D eigenvalue weighted by Crippen LogP contribution is -2.28. The van der Waals surface area contributed by atoms with E-state index >= 15 is 0 Å². The molecule has 86 valence electrons. The fraction of sp³-hybridized carbons (Fsp3) is 0.417. The molecular weight excluding hydrogens is 273 g/mol. The van der Waals surface area contributed by atoms with Crippen molar-refractivity contribution in [3.63, 3.8) is 0 Å². The smallest absolute Gasteiger partial charge is 0.252 e. The molecule has 1 aliphatic carbocycles. The summed E-state index contributed by atoms with van der Waals surface area (Å²) in [7, 11) is 0.